The first-order chi connectivity index (χ1) is 15.9. The molecule has 0 atom stereocenters. The minimum atomic E-state index is -1.85. The van der Waals surface area contributed by atoms with Crippen molar-refractivity contribution in [1.82, 2.24) is 0 Å². The van der Waals surface area contributed by atoms with Gasteiger partial charge in [0.05, 0.1) is 0 Å². The van der Waals surface area contributed by atoms with Crippen molar-refractivity contribution >= 4 is 59.5 Å². The van der Waals surface area contributed by atoms with Crippen LogP contribution in [0.1, 0.15) is 6.92 Å². The van der Waals surface area contributed by atoms with Crippen LogP contribution >= 0.6 is 0 Å². The van der Waals surface area contributed by atoms with Gasteiger partial charge < -0.3 is 5.11 Å². The van der Waals surface area contributed by atoms with Crippen LogP contribution in [0.15, 0.2) is 91.0 Å². The maximum absolute atomic E-state index is 7.57. The molecule has 0 spiro atoms. The predicted molar refractivity (Wildman–Crippen MR) is 164 cm³/mol. The van der Waals surface area contributed by atoms with Gasteiger partial charge in [0.2, 0.25) is 0 Å². The molecular weight excluding hydrogens is 567 g/mol. The zero-order valence-corrected chi connectivity index (χ0v) is 28.7. The Labute approximate surface area is 219 Å². The number of benzene rings is 3. The van der Waals surface area contributed by atoms with Crippen LogP contribution in [-0.4, -0.2) is 55.7 Å². The van der Waals surface area contributed by atoms with E-state index in [-0.39, 0.29) is 6.61 Å². The molecule has 1 radical (unpaired) electrons. The van der Waals surface area contributed by atoms with Crippen LogP contribution in [0.2, 0.25) is 51.5 Å². The van der Waals surface area contributed by atoms with E-state index in [9.17, 15) is 0 Å². The zero-order valence-electron chi connectivity index (χ0n) is 22.8. The molecule has 0 aliphatic rings. The molecule has 183 valence electrons. The summed E-state index contributed by atoms with van der Waals surface area (Å²) in [4.78, 5) is 5.46. The van der Waals surface area contributed by atoms with Crippen molar-refractivity contribution in [2.75, 3.05) is 6.61 Å². The third kappa shape index (κ3) is 5.12. The molecule has 0 bridgehead atoms. The van der Waals surface area contributed by atoms with Gasteiger partial charge in [-0.15, -0.1) is 0 Å². The van der Waals surface area contributed by atoms with Crippen LogP contribution in [0, 0.1) is 0 Å². The molecule has 0 aliphatic carbocycles. The Morgan fingerprint density at radius 3 is 0.941 bits per heavy atom. The van der Waals surface area contributed by atoms with Gasteiger partial charge in [0.1, 0.15) is 0 Å². The molecule has 34 heavy (non-hydrogen) atoms. The molecule has 0 amide bonds. The van der Waals surface area contributed by atoms with Crippen molar-refractivity contribution in [2.45, 2.75) is 58.4 Å². The summed E-state index contributed by atoms with van der Waals surface area (Å²) in [5.41, 5.74) is 0. The van der Waals surface area contributed by atoms with Crippen molar-refractivity contribution in [2.24, 2.45) is 0 Å². The number of aliphatic hydroxyl groups is 1. The average molecular weight is 613 g/mol. The van der Waals surface area contributed by atoms with Crippen molar-refractivity contribution in [3.63, 3.8) is 0 Å². The Morgan fingerprint density at radius 1 is 0.559 bits per heavy atom. The molecule has 5 heteroatoms. The summed E-state index contributed by atoms with van der Waals surface area (Å²) in [5.74, 6) is 0. The van der Waals surface area contributed by atoms with Crippen LogP contribution in [0.3, 0.4) is 0 Å². The van der Waals surface area contributed by atoms with Crippen molar-refractivity contribution in [1.29, 1.82) is 0 Å². The van der Waals surface area contributed by atoms with Crippen LogP contribution in [0.25, 0.3) is 0 Å². The van der Waals surface area contributed by atoms with Crippen LogP contribution in [-0.2, 0) is 0 Å². The summed E-state index contributed by atoms with van der Waals surface area (Å²) < 4.78 is 0.513. The first-order valence-electron chi connectivity index (χ1n) is 12.5. The maximum atomic E-state index is 7.57. The molecule has 0 saturated heterocycles. The van der Waals surface area contributed by atoms with Crippen molar-refractivity contribution < 1.29 is 5.11 Å². The van der Waals surface area contributed by atoms with Crippen molar-refractivity contribution in [3.05, 3.63) is 91.0 Å². The average Bonchev–Trinajstić information content (AvgIpc) is 2.81. The molecule has 0 aromatic heterocycles. The summed E-state index contributed by atoms with van der Waals surface area (Å²) in [5, 5.41) is 12.5. The van der Waals surface area contributed by atoms with E-state index in [0.717, 1.165) is 0 Å². The third-order valence-corrected chi connectivity index (χ3v) is 60.7. The van der Waals surface area contributed by atoms with Gasteiger partial charge in [0.15, 0.2) is 0 Å². The van der Waals surface area contributed by atoms with E-state index in [1.807, 2.05) is 0 Å². The van der Waals surface area contributed by atoms with Crippen LogP contribution < -0.4 is 15.6 Å². The van der Waals surface area contributed by atoms with E-state index in [1.54, 1.807) is 22.5 Å². The molecule has 3 aromatic carbocycles. The molecule has 0 saturated carbocycles. The van der Waals surface area contributed by atoms with Gasteiger partial charge in [-0.25, -0.2) is 0 Å². The molecule has 0 heterocycles. The minimum absolute atomic E-state index is 0.250. The Morgan fingerprint density at radius 2 is 0.765 bits per heavy atom. The topological polar surface area (TPSA) is 20.2 Å². The fraction of sp³-hybridized carbons (Fsp3) is 0.379. The standard InChI is InChI=1S/C25H33Si3.C2H6O.2CH3.Sn/c1-26(2,22-16-10-7-11-17-22)25(27(3,4)23-18-12-8-13-19-23)28(5,6)24-20-14-9-15-21-24;1-2-3;;;/h7-21H,1-6H3;3H,2H2,1H3;2*1H3;. The van der Waals surface area contributed by atoms with Gasteiger partial charge >= 0.3 is 202 Å². The van der Waals surface area contributed by atoms with E-state index < -0.39 is 44.0 Å². The summed E-state index contributed by atoms with van der Waals surface area (Å²) in [6, 6.07) is 35.0. The predicted octanol–water partition coefficient (Wildman–Crippen LogP) is 5.94. The monoisotopic (exact) mass is 613 g/mol. The van der Waals surface area contributed by atoms with Gasteiger partial charge in [-0.3, -0.25) is 0 Å². The molecule has 0 unspecified atom stereocenters. The van der Waals surface area contributed by atoms with E-state index in [0.29, 0.717) is 2.30 Å². The fourth-order valence-corrected chi connectivity index (χ4v) is 72.7. The van der Waals surface area contributed by atoms with Crippen LogP contribution in [0.4, 0.5) is 0 Å². The second-order valence-corrected chi connectivity index (χ2v) is 38.4. The second kappa shape index (κ2) is 11.9. The zero-order chi connectivity index (χ0) is 25.6. The van der Waals surface area contributed by atoms with E-state index >= 15 is 0 Å². The molecular formula is C29H45OSi3Sn. The molecule has 1 nitrogen and oxygen atoms in total. The normalized spacial score (nSPS) is 12.8. The Balaban J connectivity index is 0.00000129. The quantitative estimate of drug-likeness (QED) is 0.328. The third-order valence-electron chi connectivity index (χ3n) is 8.05. The van der Waals surface area contributed by atoms with E-state index in [2.05, 4.69) is 140 Å². The molecule has 3 aromatic rings. The van der Waals surface area contributed by atoms with Crippen molar-refractivity contribution in [3.8, 4) is 0 Å². The second-order valence-electron chi connectivity index (χ2n) is 11.0. The number of hydrogen-bond donors (Lipinski definition) is 1. The summed E-state index contributed by atoms with van der Waals surface area (Å²) in [6.07, 6.45) is 0. The van der Waals surface area contributed by atoms with Gasteiger partial charge in [-0.05, 0) is 6.92 Å². The van der Waals surface area contributed by atoms with E-state index in [4.69, 9.17) is 5.11 Å². The fourth-order valence-electron chi connectivity index (χ4n) is 7.43. The molecule has 1 N–H and O–H groups in total. The first kappa shape index (κ1) is 29.3. The first-order valence-corrected chi connectivity index (χ1v) is 28.6. The molecule has 0 aliphatic heterocycles. The Hall–Kier alpha value is -0.931. The summed E-state index contributed by atoms with van der Waals surface area (Å²) in [7, 11) is -5.54. The molecule has 0 fully saturated rings. The van der Waals surface area contributed by atoms with Gasteiger partial charge in [0.25, 0.3) is 0 Å². The van der Waals surface area contributed by atoms with E-state index in [1.165, 1.54) is 0 Å². The van der Waals surface area contributed by atoms with Gasteiger partial charge in [-0.1, -0.05) is 0 Å². The number of aliphatic hydroxyl groups excluding tert-OH is 1. The summed E-state index contributed by atoms with van der Waals surface area (Å²) in [6.45, 7) is 18.3. The number of hydrogen-bond acceptors (Lipinski definition) is 1. The summed E-state index contributed by atoms with van der Waals surface area (Å²) >= 11 is -1.84. The number of rotatable bonds is 7. The SMILES string of the molecule is CCO.[CH3][Sn]([CH3])[C]([Si](C)(C)c1ccccc1)([Si](C)(C)c1ccccc1)[Si](C)(C)c1ccccc1. The van der Waals surface area contributed by atoms with Crippen LogP contribution in [0.5, 0.6) is 0 Å². The Bertz CT molecular complexity index is 878. The van der Waals surface area contributed by atoms with Gasteiger partial charge in [-0.2, -0.15) is 0 Å². The Kier molecular flexibility index (Phi) is 10.2. The molecule has 3 rings (SSSR count). The van der Waals surface area contributed by atoms with Gasteiger partial charge in [0, 0.05) is 6.61 Å².